The van der Waals surface area contributed by atoms with Gasteiger partial charge >= 0.3 is 6.09 Å². The number of unbranched alkanes of at least 4 members (excludes halogenated alkanes) is 4. The van der Waals surface area contributed by atoms with Crippen LogP contribution in [-0.2, 0) is 4.74 Å². The molecule has 0 aromatic rings. The molecule has 6 atom stereocenters. The van der Waals surface area contributed by atoms with Crippen molar-refractivity contribution in [1.29, 1.82) is 0 Å². The van der Waals surface area contributed by atoms with Gasteiger partial charge in [0.1, 0.15) is 5.60 Å². The summed E-state index contributed by atoms with van der Waals surface area (Å²) in [6, 6.07) is 0.758. The molecule has 0 spiro atoms. The van der Waals surface area contributed by atoms with Crippen LogP contribution < -0.4 is 11.1 Å². The molecular formula is C39H77ClN4O2. The Morgan fingerprint density at radius 3 is 1.74 bits per heavy atom. The molecule has 2 saturated carbocycles. The summed E-state index contributed by atoms with van der Waals surface area (Å²) >= 11 is 0. The minimum Gasteiger partial charge on any atom is -0.444 e. The molecule has 2 saturated heterocycles. The minimum absolute atomic E-state index is 0. The van der Waals surface area contributed by atoms with Gasteiger partial charge in [0.25, 0.3) is 0 Å². The fraction of sp³-hybridized carbons (Fsp3) is 0.974. The number of hydrogen-bond donors (Lipinski definition) is 2. The molecule has 0 aromatic carbocycles. The summed E-state index contributed by atoms with van der Waals surface area (Å²) < 4.78 is 5.49. The zero-order chi connectivity index (χ0) is 32.5. The van der Waals surface area contributed by atoms with Gasteiger partial charge in [0.15, 0.2) is 0 Å². The molecular weight excluding hydrogens is 592 g/mol. The van der Waals surface area contributed by atoms with Crippen LogP contribution in [0, 0.1) is 23.7 Å². The number of halogens is 1. The second-order valence-corrected chi connectivity index (χ2v) is 16.5. The molecule has 2 aliphatic heterocycles. The Kier molecular flexibility index (Phi) is 20.8. The van der Waals surface area contributed by atoms with E-state index in [4.69, 9.17) is 10.5 Å². The lowest BCUT2D eigenvalue weighted by Gasteiger charge is -2.39. The Morgan fingerprint density at radius 1 is 0.717 bits per heavy atom. The Balaban J connectivity index is 0.000000328. The Morgan fingerprint density at radius 2 is 1.22 bits per heavy atom. The monoisotopic (exact) mass is 669 g/mol. The van der Waals surface area contributed by atoms with Crippen molar-refractivity contribution in [1.82, 2.24) is 15.1 Å². The Bertz CT molecular complexity index is 792. The second kappa shape index (κ2) is 23.0. The maximum absolute atomic E-state index is 12.2. The van der Waals surface area contributed by atoms with Crippen LogP contribution in [0.4, 0.5) is 4.79 Å². The van der Waals surface area contributed by atoms with E-state index in [9.17, 15) is 4.79 Å². The predicted molar refractivity (Wildman–Crippen MR) is 199 cm³/mol. The van der Waals surface area contributed by atoms with Gasteiger partial charge in [-0.05, 0) is 122 Å². The molecule has 4 rings (SSSR count). The highest BCUT2D eigenvalue weighted by molar-refractivity contribution is 5.85. The number of amides is 1. The molecule has 4 fully saturated rings. The molecule has 3 N–H and O–H groups in total. The van der Waals surface area contributed by atoms with Crippen molar-refractivity contribution < 1.29 is 9.53 Å². The minimum atomic E-state index is -0.424. The molecule has 46 heavy (non-hydrogen) atoms. The van der Waals surface area contributed by atoms with Gasteiger partial charge in [-0.15, -0.1) is 12.4 Å². The molecule has 0 radical (unpaired) electrons. The number of rotatable bonds is 13. The van der Waals surface area contributed by atoms with Gasteiger partial charge in [-0.25, -0.2) is 4.79 Å². The quantitative estimate of drug-likeness (QED) is 0.191. The number of nitrogens with two attached hydrogens (primary N) is 1. The maximum Gasteiger partial charge on any atom is 0.407 e. The number of carbonyl (C=O) groups is 1. The predicted octanol–water partition coefficient (Wildman–Crippen LogP) is 9.58. The first-order valence-electron chi connectivity index (χ1n) is 19.9. The number of nitrogens with zero attached hydrogens (tertiary/aromatic N) is 2. The van der Waals surface area contributed by atoms with Crippen LogP contribution in [0.1, 0.15) is 163 Å². The van der Waals surface area contributed by atoms with Gasteiger partial charge in [0.2, 0.25) is 0 Å². The fourth-order valence-electron chi connectivity index (χ4n) is 8.67. The standard InChI is InChI=1S/C22H42N2O2.C17H34N2.ClH/c1-5-6-7-11-18-12-10-15-24(16-18)17-19-13-8-9-14-20(19)23-21(25)26-22(2,3)4;1-2-3-4-8-15-9-7-12-19(13-15)14-16-10-5-6-11-17(16)18;/h18-20H,5-17H2,1-4H3,(H,23,25);15-17H,2-14,18H2,1H3;1H/t18-,19?,20?;15-,16?,17?;/m11./s1. The molecule has 272 valence electrons. The molecule has 0 aromatic heterocycles. The lowest BCUT2D eigenvalue weighted by Crippen LogP contribution is -2.49. The maximum atomic E-state index is 12.2. The number of ether oxygens (including phenoxy) is 1. The lowest BCUT2D eigenvalue weighted by atomic mass is 9.83. The summed E-state index contributed by atoms with van der Waals surface area (Å²) in [6.45, 7) is 18.0. The first-order valence-corrected chi connectivity index (χ1v) is 19.9. The van der Waals surface area contributed by atoms with Gasteiger partial charge in [0, 0.05) is 38.3 Å². The van der Waals surface area contributed by atoms with E-state index in [1.807, 2.05) is 20.8 Å². The Labute approximate surface area is 291 Å². The largest absolute Gasteiger partial charge is 0.444 e. The first kappa shape index (κ1) is 41.6. The molecule has 4 aliphatic rings. The van der Waals surface area contributed by atoms with Gasteiger partial charge in [-0.2, -0.15) is 0 Å². The van der Waals surface area contributed by atoms with Crippen LogP contribution in [0.2, 0.25) is 0 Å². The highest BCUT2D eigenvalue weighted by Gasteiger charge is 2.31. The number of hydrogen-bond acceptors (Lipinski definition) is 5. The summed E-state index contributed by atoms with van der Waals surface area (Å²) in [4.78, 5) is 17.6. The van der Waals surface area contributed by atoms with E-state index in [1.54, 1.807) is 0 Å². The van der Waals surface area contributed by atoms with E-state index < -0.39 is 5.60 Å². The van der Waals surface area contributed by atoms with E-state index in [0.29, 0.717) is 12.0 Å². The normalized spacial score (nSPS) is 29.6. The lowest BCUT2D eigenvalue weighted by molar-refractivity contribution is 0.0443. The molecule has 2 heterocycles. The fourth-order valence-corrected chi connectivity index (χ4v) is 8.67. The number of piperidine rings is 2. The zero-order valence-electron chi connectivity index (χ0n) is 31.0. The number of alkyl carbamates (subject to hydrolysis) is 1. The van der Waals surface area contributed by atoms with Crippen molar-refractivity contribution in [3.8, 4) is 0 Å². The third kappa shape index (κ3) is 16.7. The van der Waals surface area contributed by atoms with Crippen molar-refractivity contribution in [2.45, 2.75) is 181 Å². The van der Waals surface area contributed by atoms with E-state index in [2.05, 4.69) is 29.0 Å². The van der Waals surface area contributed by atoms with Crippen molar-refractivity contribution in [3.05, 3.63) is 0 Å². The molecule has 2 aliphatic carbocycles. The topological polar surface area (TPSA) is 70.8 Å². The van der Waals surface area contributed by atoms with E-state index in [-0.39, 0.29) is 24.5 Å². The highest BCUT2D eigenvalue weighted by atomic mass is 35.5. The summed E-state index contributed by atoms with van der Waals surface area (Å²) in [5.41, 5.74) is 5.88. The third-order valence-electron chi connectivity index (χ3n) is 11.2. The average molecular weight is 670 g/mol. The zero-order valence-corrected chi connectivity index (χ0v) is 31.9. The highest BCUT2D eigenvalue weighted by Crippen LogP contribution is 2.30. The molecule has 6 nitrogen and oxygen atoms in total. The average Bonchev–Trinajstić information content (AvgIpc) is 3.00. The van der Waals surface area contributed by atoms with Crippen LogP contribution in [0.25, 0.3) is 0 Å². The summed E-state index contributed by atoms with van der Waals surface area (Å²) in [5, 5.41) is 3.18. The van der Waals surface area contributed by atoms with Crippen molar-refractivity contribution in [2.24, 2.45) is 29.4 Å². The van der Waals surface area contributed by atoms with Crippen LogP contribution in [0.5, 0.6) is 0 Å². The van der Waals surface area contributed by atoms with Gasteiger partial charge < -0.3 is 25.6 Å². The van der Waals surface area contributed by atoms with E-state index in [0.717, 1.165) is 30.7 Å². The third-order valence-corrected chi connectivity index (χ3v) is 11.2. The van der Waals surface area contributed by atoms with Crippen LogP contribution in [-0.4, -0.2) is 72.8 Å². The molecule has 1 amide bonds. The SMILES string of the molecule is CCCCC[C@@H]1CCCN(CC2CCCCC2N)C1.CCCCC[C@@H]1CCCN(CC2CCCCC2NC(=O)OC(C)(C)C)C1.Cl. The van der Waals surface area contributed by atoms with Crippen molar-refractivity contribution in [3.63, 3.8) is 0 Å². The Hall–Kier alpha value is -0.560. The summed E-state index contributed by atoms with van der Waals surface area (Å²) in [6.07, 6.45) is 26.8. The van der Waals surface area contributed by atoms with Crippen LogP contribution in [0.15, 0.2) is 0 Å². The molecule has 7 heteroatoms. The smallest absolute Gasteiger partial charge is 0.407 e. The van der Waals surface area contributed by atoms with Crippen LogP contribution in [0.3, 0.4) is 0 Å². The summed E-state index contributed by atoms with van der Waals surface area (Å²) in [7, 11) is 0. The molecule has 4 unspecified atom stereocenters. The number of carbonyl (C=O) groups excluding carboxylic acids is 1. The summed E-state index contributed by atoms with van der Waals surface area (Å²) in [5.74, 6) is 3.21. The van der Waals surface area contributed by atoms with E-state index in [1.165, 1.54) is 155 Å². The van der Waals surface area contributed by atoms with E-state index >= 15 is 0 Å². The van der Waals surface area contributed by atoms with Gasteiger partial charge in [-0.3, -0.25) is 0 Å². The second-order valence-electron chi connectivity index (χ2n) is 16.5. The van der Waals surface area contributed by atoms with Gasteiger partial charge in [-0.1, -0.05) is 78.1 Å². The van der Waals surface area contributed by atoms with Crippen molar-refractivity contribution in [2.75, 3.05) is 39.3 Å². The van der Waals surface area contributed by atoms with Gasteiger partial charge in [0.05, 0.1) is 0 Å². The van der Waals surface area contributed by atoms with Crippen molar-refractivity contribution >= 4 is 18.5 Å². The number of likely N-dealkylation sites (tertiary alicyclic amines) is 2. The molecule has 0 bridgehead atoms. The first-order chi connectivity index (χ1) is 21.7. The van der Waals surface area contributed by atoms with Crippen LogP contribution >= 0.6 is 12.4 Å². The number of nitrogens with one attached hydrogen (secondary N) is 1.